The van der Waals surface area contributed by atoms with Gasteiger partial charge in [-0.1, -0.05) is 41.9 Å². The average Bonchev–Trinajstić information content (AvgIpc) is 3.14. The van der Waals surface area contributed by atoms with Gasteiger partial charge in [0, 0.05) is 11.6 Å². The van der Waals surface area contributed by atoms with E-state index in [1.807, 2.05) is 13.8 Å². The van der Waals surface area contributed by atoms with Crippen molar-refractivity contribution in [2.75, 3.05) is 0 Å². The van der Waals surface area contributed by atoms with Gasteiger partial charge >= 0.3 is 6.18 Å². The monoisotopic (exact) mass is 588 g/mol. The lowest BCUT2D eigenvalue weighted by Crippen LogP contribution is -2.49. The van der Waals surface area contributed by atoms with E-state index < -0.39 is 52.2 Å². The van der Waals surface area contributed by atoms with Gasteiger partial charge in [0.1, 0.15) is 10.4 Å². The highest BCUT2D eigenvalue weighted by Gasteiger charge is 2.58. The Morgan fingerprint density at radius 2 is 2.09 bits per heavy atom. The van der Waals surface area contributed by atoms with Crippen molar-refractivity contribution in [1.29, 1.82) is 0 Å². The summed E-state index contributed by atoms with van der Waals surface area (Å²) in [7, 11) is 0. The van der Waals surface area contributed by atoms with Crippen molar-refractivity contribution in [3.05, 3.63) is 46.3 Å². The molecule has 5 nitrogen and oxygen atoms in total. The first-order valence-electron chi connectivity index (χ1n) is 10.5. The van der Waals surface area contributed by atoms with Crippen molar-refractivity contribution in [3.8, 4) is 0 Å². The van der Waals surface area contributed by atoms with Gasteiger partial charge in [-0.05, 0) is 52.8 Å². The van der Waals surface area contributed by atoms with Crippen LogP contribution >= 0.6 is 39.1 Å². The number of Topliss-reactive ketones (excluding diaryl/α,β-unsaturated/α-hetero) is 1. The number of hydrogen-bond acceptors (Lipinski definition) is 5. The molecule has 0 aromatic carbocycles. The summed E-state index contributed by atoms with van der Waals surface area (Å²) >= 11 is 14.7. The second-order valence-corrected chi connectivity index (χ2v) is 10.5. The molecule has 0 saturated heterocycles. The number of halogens is 7. The van der Waals surface area contributed by atoms with Gasteiger partial charge in [-0.3, -0.25) is 10.1 Å². The van der Waals surface area contributed by atoms with Crippen molar-refractivity contribution in [3.63, 3.8) is 0 Å². The van der Waals surface area contributed by atoms with Crippen molar-refractivity contribution in [2.45, 2.75) is 62.5 Å². The molecule has 0 spiro atoms. The first-order chi connectivity index (χ1) is 15.7. The minimum atomic E-state index is -5.21. The van der Waals surface area contributed by atoms with Gasteiger partial charge in [0.2, 0.25) is 0 Å². The Hall–Kier alpha value is -1.20. The number of rotatable bonds is 7. The third-order valence-corrected chi connectivity index (χ3v) is 7.25. The molecule has 2 aliphatic carbocycles. The Bertz CT molecular complexity index is 995. The van der Waals surface area contributed by atoms with Crippen LogP contribution in [0.5, 0.6) is 0 Å². The van der Waals surface area contributed by atoms with E-state index in [9.17, 15) is 27.5 Å². The number of nitrogens with one attached hydrogen (secondary N) is 1. The molecule has 1 aliphatic heterocycles. The summed E-state index contributed by atoms with van der Waals surface area (Å²) < 4.78 is 56.2. The molecule has 2 N–H and O–H groups in total. The minimum absolute atomic E-state index is 0.0495. The molecular weight excluding hydrogens is 567 g/mol. The molecule has 34 heavy (non-hydrogen) atoms. The molecule has 6 unspecified atom stereocenters. The molecule has 0 radical (unpaired) electrons. The van der Waals surface area contributed by atoms with Crippen molar-refractivity contribution >= 4 is 49.5 Å². The highest BCUT2D eigenvalue weighted by molar-refractivity contribution is 9.18. The number of oxime groups is 1. The van der Waals surface area contributed by atoms with Gasteiger partial charge < -0.3 is 9.94 Å². The zero-order valence-corrected chi connectivity index (χ0v) is 21.3. The van der Waals surface area contributed by atoms with E-state index in [-0.39, 0.29) is 29.7 Å². The largest absolute Gasteiger partial charge is 0.421 e. The summed E-state index contributed by atoms with van der Waals surface area (Å²) in [5.74, 6) is -2.14. The second-order valence-electron chi connectivity index (χ2n) is 8.63. The summed E-state index contributed by atoms with van der Waals surface area (Å²) in [5.41, 5.74) is -4.14. The fourth-order valence-corrected chi connectivity index (χ4v) is 5.20. The van der Waals surface area contributed by atoms with Crippen molar-refractivity contribution in [1.82, 2.24) is 5.32 Å². The van der Waals surface area contributed by atoms with Crippen LogP contribution in [-0.2, 0) is 9.63 Å². The molecule has 1 heterocycles. The molecule has 3 rings (SSSR count). The van der Waals surface area contributed by atoms with E-state index in [2.05, 4.69) is 26.4 Å². The molecule has 0 bridgehead atoms. The lowest BCUT2D eigenvalue weighted by molar-refractivity contribution is -0.245. The van der Waals surface area contributed by atoms with Gasteiger partial charge in [0.05, 0.1) is 23.3 Å². The summed E-state index contributed by atoms with van der Waals surface area (Å²) in [5, 5.41) is 15.6. The van der Waals surface area contributed by atoms with Crippen LogP contribution in [0, 0.1) is 11.8 Å². The Labute approximate surface area is 212 Å². The Morgan fingerprint density at radius 1 is 1.41 bits per heavy atom. The lowest BCUT2D eigenvalue weighted by Gasteiger charge is -2.35. The van der Waals surface area contributed by atoms with E-state index in [0.29, 0.717) is 17.1 Å². The SMILES string of the molecule is CC1C=C(C(=O)CC(O)(C2=CC(Cl)=C(F)C(Cl)C2)C(F)(F)F)C=CC1C(C)NC1CC(Br)=NO1. The number of hydrogen-bond donors (Lipinski definition) is 2. The quantitative estimate of drug-likeness (QED) is 0.292. The molecule has 12 heteroatoms. The maximum Gasteiger partial charge on any atom is 0.421 e. The van der Waals surface area contributed by atoms with Crippen LogP contribution < -0.4 is 5.32 Å². The smallest absolute Gasteiger partial charge is 0.376 e. The molecule has 0 aromatic rings. The predicted octanol–water partition coefficient (Wildman–Crippen LogP) is 5.78. The number of ketones is 1. The fourth-order valence-electron chi connectivity index (χ4n) is 4.22. The van der Waals surface area contributed by atoms with Gasteiger partial charge in [0.15, 0.2) is 17.6 Å². The van der Waals surface area contributed by atoms with E-state index in [4.69, 9.17) is 28.0 Å². The van der Waals surface area contributed by atoms with Crippen molar-refractivity contribution in [2.24, 2.45) is 17.0 Å². The number of carbonyl (C=O) groups is 1. The fraction of sp³-hybridized carbons (Fsp3) is 0.545. The first kappa shape index (κ1) is 27.4. The zero-order valence-electron chi connectivity index (χ0n) is 18.2. The second kappa shape index (κ2) is 10.4. The third-order valence-electron chi connectivity index (χ3n) is 6.15. The summed E-state index contributed by atoms with van der Waals surface area (Å²) in [6.45, 7) is 3.77. The molecule has 188 valence electrons. The van der Waals surface area contributed by atoms with E-state index >= 15 is 0 Å². The summed E-state index contributed by atoms with van der Waals surface area (Å²) in [6, 6.07) is -0.0817. The molecule has 0 amide bonds. The predicted molar refractivity (Wildman–Crippen MR) is 125 cm³/mol. The average molecular weight is 590 g/mol. The summed E-state index contributed by atoms with van der Waals surface area (Å²) in [6.07, 6.45) is -1.39. The molecule has 0 fully saturated rings. The highest BCUT2D eigenvalue weighted by atomic mass is 79.9. The molecular formula is C22H23BrCl2F4N2O3. The molecule has 0 saturated carbocycles. The summed E-state index contributed by atoms with van der Waals surface area (Å²) in [4.78, 5) is 18.1. The van der Waals surface area contributed by atoms with E-state index in [0.717, 1.165) is 0 Å². The lowest BCUT2D eigenvalue weighted by atomic mass is 9.78. The number of alkyl halides is 4. The zero-order chi connectivity index (χ0) is 25.4. The topological polar surface area (TPSA) is 70.9 Å². The normalized spacial score (nSPS) is 30.2. The Morgan fingerprint density at radius 3 is 2.62 bits per heavy atom. The first-order valence-corrected chi connectivity index (χ1v) is 12.1. The molecule has 0 aromatic heterocycles. The number of nitrogens with zero attached hydrogens (tertiary/aromatic N) is 1. The van der Waals surface area contributed by atoms with Gasteiger partial charge in [0.25, 0.3) is 0 Å². The maximum atomic E-state index is 13.9. The standard InChI is InChI=1S/C22H23BrCl2F4N2O3/c1-10-5-12(3-4-14(10)11(2)30-19-8-18(23)31-34-19)17(32)9-21(33,22(27,28)29)13-6-15(24)20(26)16(25)7-13/h3-6,10-11,14,16,19,30,33H,7-9H2,1-2H3. The van der Waals surface area contributed by atoms with Gasteiger partial charge in [-0.2, -0.15) is 13.2 Å². The van der Waals surface area contributed by atoms with Crippen molar-refractivity contribution < 1.29 is 32.3 Å². The minimum Gasteiger partial charge on any atom is -0.376 e. The molecule has 6 atom stereocenters. The Balaban J connectivity index is 1.74. The van der Waals surface area contributed by atoms with Crippen LogP contribution in [0.1, 0.15) is 33.1 Å². The number of allylic oxidation sites excluding steroid dienone is 6. The van der Waals surface area contributed by atoms with Crippen LogP contribution in [0.2, 0.25) is 0 Å². The van der Waals surface area contributed by atoms with Gasteiger partial charge in [-0.25, -0.2) is 4.39 Å². The highest BCUT2D eigenvalue weighted by Crippen LogP contribution is 2.45. The van der Waals surface area contributed by atoms with Crippen LogP contribution in [0.3, 0.4) is 0 Å². The Kier molecular flexibility index (Phi) is 8.40. The van der Waals surface area contributed by atoms with E-state index in [1.54, 1.807) is 12.2 Å². The van der Waals surface area contributed by atoms with Crippen LogP contribution in [0.15, 0.2) is 51.5 Å². The third kappa shape index (κ3) is 5.78. The van der Waals surface area contributed by atoms with Crippen LogP contribution in [0.25, 0.3) is 0 Å². The number of carbonyl (C=O) groups excluding carboxylic acids is 1. The van der Waals surface area contributed by atoms with E-state index in [1.165, 1.54) is 6.08 Å². The number of aliphatic hydroxyl groups is 1. The van der Waals surface area contributed by atoms with Gasteiger partial charge in [-0.15, -0.1) is 11.6 Å². The van der Waals surface area contributed by atoms with Crippen LogP contribution in [0.4, 0.5) is 17.6 Å². The maximum absolute atomic E-state index is 13.9. The van der Waals surface area contributed by atoms with Crippen LogP contribution in [-0.4, -0.2) is 44.9 Å². The molecule has 3 aliphatic rings.